The van der Waals surface area contributed by atoms with E-state index in [0.717, 1.165) is 18.8 Å². The summed E-state index contributed by atoms with van der Waals surface area (Å²) in [5.41, 5.74) is 2.85. The number of ether oxygens (including phenoxy) is 1. The molecule has 0 radical (unpaired) electrons. The zero-order valence-electron chi connectivity index (χ0n) is 10.1. The Hall–Kier alpha value is -0.520. The Kier molecular flexibility index (Phi) is 6.61. The molecule has 0 heterocycles. The van der Waals surface area contributed by atoms with Crippen LogP contribution in [0.25, 0.3) is 0 Å². The lowest BCUT2D eigenvalue weighted by molar-refractivity contribution is 0.0128. The van der Waals surface area contributed by atoms with Gasteiger partial charge in [0, 0.05) is 7.11 Å². The molecule has 0 saturated heterocycles. The lowest BCUT2D eigenvalue weighted by atomic mass is 9.95. The van der Waals surface area contributed by atoms with Gasteiger partial charge in [-0.15, -0.1) is 5.73 Å². The summed E-state index contributed by atoms with van der Waals surface area (Å²) in [6, 6.07) is 0. The molecule has 0 aliphatic carbocycles. The van der Waals surface area contributed by atoms with Crippen LogP contribution in [0.3, 0.4) is 0 Å². The molecule has 14 heavy (non-hydrogen) atoms. The van der Waals surface area contributed by atoms with Crippen molar-refractivity contribution in [2.24, 2.45) is 5.92 Å². The van der Waals surface area contributed by atoms with Crippen LogP contribution in [0, 0.1) is 5.92 Å². The van der Waals surface area contributed by atoms with E-state index in [1.165, 1.54) is 12.8 Å². The fourth-order valence-corrected chi connectivity index (χ4v) is 1.38. The molecule has 0 bridgehead atoms. The molecule has 0 aliphatic heterocycles. The second-order valence-electron chi connectivity index (χ2n) is 4.61. The third-order valence-corrected chi connectivity index (χ3v) is 2.69. The summed E-state index contributed by atoms with van der Waals surface area (Å²) >= 11 is 0. The van der Waals surface area contributed by atoms with E-state index in [4.69, 9.17) is 4.74 Å². The first-order chi connectivity index (χ1) is 6.52. The predicted octanol–water partition coefficient (Wildman–Crippen LogP) is 3.95. The largest absolute Gasteiger partial charge is 0.379 e. The quantitative estimate of drug-likeness (QED) is 0.560. The van der Waals surface area contributed by atoms with E-state index in [9.17, 15) is 0 Å². The number of allylic oxidation sites excluding steroid dienone is 1. The minimum absolute atomic E-state index is 0.0357. The van der Waals surface area contributed by atoms with Crippen molar-refractivity contribution in [3.8, 4) is 0 Å². The Morgan fingerprint density at radius 1 is 1.50 bits per heavy atom. The highest BCUT2D eigenvalue weighted by atomic mass is 16.5. The van der Waals surface area contributed by atoms with Crippen molar-refractivity contribution in [2.45, 2.75) is 52.1 Å². The van der Waals surface area contributed by atoms with E-state index in [1.54, 1.807) is 7.11 Å². The third kappa shape index (κ3) is 6.94. The molecule has 82 valence electrons. The standard InChI is InChI=1S/C13H24O/c1-6-7-9-12(2)10-8-11-13(3,4)14-5/h7,12H,1,8-11H2,2-5H3. The van der Waals surface area contributed by atoms with Crippen LogP contribution in [0.15, 0.2) is 18.4 Å². The first-order valence-corrected chi connectivity index (χ1v) is 5.41. The number of hydrogen-bond donors (Lipinski definition) is 0. The minimum atomic E-state index is 0.0357. The maximum absolute atomic E-state index is 5.37. The molecule has 0 amide bonds. The van der Waals surface area contributed by atoms with E-state index >= 15 is 0 Å². The second-order valence-corrected chi connectivity index (χ2v) is 4.61. The van der Waals surface area contributed by atoms with Crippen molar-refractivity contribution in [3.05, 3.63) is 18.4 Å². The molecular formula is C13H24O. The molecule has 0 spiro atoms. The average Bonchev–Trinajstić information content (AvgIpc) is 2.14. The van der Waals surface area contributed by atoms with E-state index < -0.39 is 0 Å². The Morgan fingerprint density at radius 3 is 2.64 bits per heavy atom. The van der Waals surface area contributed by atoms with E-state index in [1.807, 2.05) is 6.08 Å². The second kappa shape index (κ2) is 6.86. The normalized spacial score (nSPS) is 13.4. The molecule has 0 aromatic rings. The molecule has 1 unspecified atom stereocenters. The highest BCUT2D eigenvalue weighted by Crippen LogP contribution is 2.20. The number of methoxy groups -OCH3 is 1. The van der Waals surface area contributed by atoms with Crippen molar-refractivity contribution < 1.29 is 4.74 Å². The van der Waals surface area contributed by atoms with Crippen LogP contribution in [0.2, 0.25) is 0 Å². The van der Waals surface area contributed by atoms with Gasteiger partial charge in [-0.3, -0.25) is 0 Å². The van der Waals surface area contributed by atoms with Crippen molar-refractivity contribution in [3.63, 3.8) is 0 Å². The highest BCUT2D eigenvalue weighted by molar-refractivity contribution is 4.78. The van der Waals surface area contributed by atoms with Crippen molar-refractivity contribution in [1.82, 2.24) is 0 Å². The highest BCUT2D eigenvalue weighted by Gasteiger charge is 2.15. The summed E-state index contributed by atoms with van der Waals surface area (Å²) in [6.07, 6.45) is 6.73. The summed E-state index contributed by atoms with van der Waals surface area (Å²) in [7, 11) is 1.78. The van der Waals surface area contributed by atoms with Crippen molar-refractivity contribution in [1.29, 1.82) is 0 Å². The SMILES string of the molecule is C=C=CCC(C)CCCC(C)(C)OC. The summed E-state index contributed by atoms with van der Waals surface area (Å²) in [4.78, 5) is 0. The van der Waals surface area contributed by atoms with Crippen LogP contribution < -0.4 is 0 Å². The molecule has 1 heteroatoms. The van der Waals surface area contributed by atoms with E-state index in [2.05, 4.69) is 33.1 Å². The van der Waals surface area contributed by atoms with Gasteiger partial charge >= 0.3 is 0 Å². The van der Waals surface area contributed by atoms with Gasteiger partial charge in [0.1, 0.15) is 0 Å². The van der Waals surface area contributed by atoms with Gasteiger partial charge < -0.3 is 4.74 Å². The molecule has 0 saturated carbocycles. The Morgan fingerprint density at radius 2 is 2.14 bits per heavy atom. The van der Waals surface area contributed by atoms with Gasteiger partial charge in [-0.1, -0.05) is 26.3 Å². The van der Waals surface area contributed by atoms with Crippen molar-refractivity contribution in [2.75, 3.05) is 7.11 Å². The minimum Gasteiger partial charge on any atom is -0.379 e. The Balaban J connectivity index is 3.58. The lowest BCUT2D eigenvalue weighted by Gasteiger charge is -2.23. The number of hydrogen-bond acceptors (Lipinski definition) is 1. The summed E-state index contributed by atoms with van der Waals surface area (Å²) in [5, 5.41) is 0. The van der Waals surface area contributed by atoms with Crippen molar-refractivity contribution >= 4 is 0 Å². The van der Waals surface area contributed by atoms with Gasteiger partial charge in [0.2, 0.25) is 0 Å². The lowest BCUT2D eigenvalue weighted by Crippen LogP contribution is -2.22. The fourth-order valence-electron chi connectivity index (χ4n) is 1.38. The zero-order chi connectivity index (χ0) is 11.0. The molecule has 0 aliphatic rings. The first-order valence-electron chi connectivity index (χ1n) is 5.41. The number of rotatable bonds is 7. The van der Waals surface area contributed by atoms with Crippen LogP contribution in [-0.2, 0) is 4.74 Å². The molecule has 1 nitrogen and oxygen atoms in total. The Labute approximate surface area is 88.9 Å². The smallest absolute Gasteiger partial charge is 0.0622 e. The maximum Gasteiger partial charge on any atom is 0.0622 e. The molecule has 0 rings (SSSR count). The predicted molar refractivity (Wildman–Crippen MR) is 62.4 cm³/mol. The molecular weight excluding hydrogens is 172 g/mol. The van der Waals surface area contributed by atoms with Gasteiger partial charge in [-0.05, 0) is 38.7 Å². The molecule has 0 fully saturated rings. The molecule has 0 aromatic carbocycles. The maximum atomic E-state index is 5.37. The van der Waals surface area contributed by atoms with Crippen LogP contribution in [0.5, 0.6) is 0 Å². The molecule has 0 aromatic heterocycles. The van der Waals surface area contributed by atoms with Gasteiger partial charge in [-0.25, -0.2) is 0 Å². The monoisotopic (exact) mass is 196 g/mol. The molecule has 0 N–H and O–H groups in total. The Bertz CT molecular complexity index is 187. The first kappa shape index (κ1) is 13.5. The van der Waals surface area contributed by atoms with E-state index in [-0.39, 0.29) is 5.60 Å². The summed E-state index contributed by atoms with van der Waals surface area (Å²) in [6.45, 7) is 10.1. The van der Waals surface area contributed by atoms with Crippen LogP contribution in [0.4, 0.5) is 0 Å². The van der Waals surface area contributed by atoms with Gasteiger partial charge in [0.15, 0.2) is 0 Å². The van der Waals surface area contributed by atoms with E-state index in [0.29, 0.717) is 0 Å². The summed E-state index contributed by atoms with van der Waals surface area (Å²) in [5.74, 6) is 0.733. The summed E-state index contributed by atoms with van der Waals surface area (Å²) < 4.78 is 5.37. The molecule has 1 atom stereocenters. The van der Waals surface area contributed by atoms with Gasteiger partial charge in [-0.2, -0.15) is 0 Å². The van der Waals surface area contributed by atoms with Crippen LogP contribution >= 0.6 is 0 Å². The van der Waals surface area contributed by atoms with Gasteiger partial charge in [0.25, 0.3) is 0 Å². The average molecular weight is 196 g/mol. The topological polar surface area (TPSA) is 9.23 Å². The van der Waals surface area contributed by atoms with Crippen LogP contribution in [0.1, 0.15) is 46.5 Å². The van der Waals surface area contributed by atoms with Gasteiger partial charge in [0.05, 0.1) is 5.60 Å². The third-order valence-electron chi connectivity index (χ3n) is 2.69. The zero-order valence-corrected chi connectivity index (χ0v) is 10.1. The fraction of sp³-hybridized carbons (Fsp3) is 0.769. The van der Waals surface area contributed by atoms with Crippen LogP contribution in [-0.4, -0.2) is 12.7 Å².